The van der Waals surface area contributed by atoms with Crippen LogP contribution in [0.1, 0.15) is 60.8 Å². The first-order valence-corrected chi connectivity index (χ1v) is 7.03. The van der Waals surface area contributed by atoms with Gasteiger partial charge in [0.25, 0.3) is 0 Å². The highest BCUT2D eigenvalue weighted by molar-refractivity contribution is 4.89. The van der Waals surface area contributed by atoms with Gasteiger partial charge in [-0.1, -0.05) is 48.0 Å². The van der Waals surface area contributed by atoms with Crippen LogP contribution in [0.5, 0.6) is 0 Å². The summed E-state index contributed by atoms with van der Waals surface area (Å²) in [4.78, 5) is 0. The van der Waals surface area contributed by atoms with Gasteiger partial charge in [0, 0.05) is 6.04 Å². The average Bonchev–Trinajstić information content (AvgIpc) is 2.19. The summed E-state index contributed by atoms with van der Waals surface area (Å²) in [6, 6.07) is 0.207. The first-order chi connectivity index (χ1) is 7.65. The van der Waals surface area contributed by atoms with E-state index in [9.17, 15) is 0 Å². The molecule has 17 heavy (non-hydrogen) atoms. The van der Waals surface area contributed by atoms with Gasteiger partial charge in [-0.05, 0) is 29.6 Å². The monoisotopic (exact) mass is 241 g/mol. The van der Waals surface area contributed by atoms with Crippen LogP contribution in [0, 0.1) is 16.7 Å². The molecule has 1 aliphatic rings. The van der Waals surface area contributed by atoms with Crippen LogP contribution in [0.2, 0.25) is 0 Å². The molecule has 1 saturated heterocycles. The van der Waals surface area contributed by atoms with Gasteiger partial charge in [-0.15, -0.1) is 0 Å². The Labute approximate surface area is 107 Å². The maximum atomic E-state index is 6.30. The summed E-state index contributed by atoms with van der Waals surface area (Å²) < 4.78 is 6.04. The lowest BCUT2D eigenvalue weighted by atomic mass is 9.73. The van der Waals surface area contributed by atoms with Gasteiger partial charge in [-0.3, -0.25) is 0 Å². The Morgan fingerprint density at radius 1 is 1.18 bits per heavy atom. The predicted octanol–water partition coefficient (Wildman–Crippen LogP) is 3.59. The van der Waals surface area contributed by atoms with Crippen molar-refractivity contribution >= 4 is 0 Å². The summed E-state index contributed by atoms with van der Waals surface area (Å²) in [6.45, 7) is 14.6. The van der Waals surface area contributed by atoms with Gasteiger partial charge in [-0.25, -0.2) is 0 Å². The quantitative estimate of drug-likeness (QED) is 0.819. The van der Waals surface area contributed by atoms with Gasteiger partial charge >= 0.3 is 0 Å². The van der Waals surface area contributed by atoms with Crippen molar-refractivity contribution in [2.45, 2.75) is 73.0 Å². The lowest BCUT2D eigenvalue weighted by molar-refractivity contribution is -0.0738. The van der Waals surface area contributed by atoms with Crippen LogP contribution in [0.15, 0.2) is 0 Å². The Kier molecular flexibility index (Phi) is 4.65. The minimum atomic E-state index is 0.207. The van der Waals surface area contributed by atoms with Crippen LogP contribution < -0.4 is 5.73 Å². The molecule has 0 aliphatic carbocycles. The van der Waals surface area contributed by atoms with E-state index in [0.717, 1.165) is 19.4 Å². The Morgan fingerprint density at radius 3 is 2.18 bits per heavy atom. The van der Waals surface area contributed by atoms with E-state index in [2.05, 4.69) is 41.5 Å². The Hall–Kier alpha value is -0.0800. The van der Waals surface area contributed by atoms with Crippen LogP contribution in [-0.2, 0) is 4.74 Å². The molecule has 2 nitrogen and oxygen atoms in total. The van der Waals surface area contributed by atoms with Crippen molar-refractivity contribution in [1.29, 1.82) is 0 Å². The van der Waals surface area contributed by atoms with Crippen LogP contribution in [0.25, 0.3) is 0 Å². The molecule has 0 saturated carbocycles. The fourth-order valence-corrected chi connectivity index (χ4v) is 2.41. The van der Waals surface area contributed by atoms with E-state index in [1.54, 1.807) is 0 Å². The smallest absolute Gasteiger partial charge is 0.0731 e. The maximum absolute atomic E-state index is 6.30. The van der Waals surface area contributed by atoms with Crippen molar-refractivity contribution in [3.05, 3.63) is 0 Å². The maximum Gasteiger partial charge on any atom is 0.0731 e. The van der Waals surface area contributed by atoms with E-state index in [0.29, 0.717) is 16.7 Å². The Morgan fingerprint density at radius 2 is 1.76 bits per heavy atom. The molecule has 102 valence electrons. The Bertz CT molecular complexity index is 242. The summed E-state index contributed by atoms with van der Waals surface area (Å²) in [7, 11) is 0. The minimum Gasteiger partial charge on any atom is -0.376 e. The van der Waals surface area contributed by atoms with E-state index < -0.39 is 0 Å². The van der Waals surface area contributed by atoms with Crippen molar-refractivity contribution < 1.29 is 4.74 Å². The highest BCUT2D eigenvalue weighted by Gasteiger charge is 2.36. The topological polar surface area (TPSA) is 35.2 Å². The lowest BCUT2D eigenvalue weighted by Crippen LogP contribution is -2.48. The number of nitrogens with two attached hydrogens (primary N) is 1. The molecule has 0 aromatic heterocycles. The van der Waals surface area contributed by atoms with E-state index in [1.807, 2.05) is 0 Å². The third kappa shape index (κ3) is 4.26. The van der Waals surface area contributed by atoms with Gasteiger partial charge in [-0.2, -0.15) is 0 Å². The van der Waals surface area contributed by atoms with Crippen LogP contribution >= 0.6 is 0 Å². The fourth-order valence-electron chi connectivity index (χ4n) is 2.41. The minimum absolute atomic E-state index is 0.207. The highest BCUT2D eigenvalue weighted by Crippen LogP contribution is 2.37. The molecule has 0 radical (unpaired) electrons. The molecule has 0 aromatic rings. The summed E-state index contributed by atoms with van der Waals surface area (Å²) in [6.07, 6.45) is 3.63. The van der Waals surface area contributed by atoms with Crippen LogP contribution in [0.4, 0.5) is 0 Å². The molecule has 3 atom stereocenters. The third-order valence-corrected chi connectivity index (χ3v) is 4.48. The standard InChI is InChI=1S/C15H31NO/c1-7-15(5,6)9-13-12(16)8-11(10-17-13)14(2,3)4/h11-13H,7-10,16H2,1-6H3. The molecule has 1 fully saturated rings. The molecule has 0 spiro atoms. The summed E-state index contributed by atoms with van der Waals surface area (Å²) in [5, 5.41) is 0. The second-order valence-electron chi connectivity index (χ2n) is 7.56. The summed E-state index contributed by atoms with van der Waals surface area (Å²) >= 11 is 0. The normalized spacial score (nSPS) is 31.6. The van der Waals surface area contributed by atoms with E-state index >= 15 is 0 Å². The summed E-state index contributed by atoms with van der Waals surface area (Å²) in [5.41, 5.74) is 6.96. The molecule has 0 aromatic carbocycles. The van der Waals surface area contributed by atoms with Crippen molar-refractivity contribution in [2.75, 3.05) is 6.61 Å². The molecule has 1 aliphatic heterocycles. The van der Waals surface area contributed by atoms with Crippen molar-refractivity contribution in [3.8, 4) is 0 Å². The van der Waals surface area contributed by atoms with Gasteiger partial charge in [0.05, 0.1) is 12.7 Å². The SMILES string of the molecule is CCC(C)(C)CC1OCC(C(C)(C)C)CC1N. The molecular formula is C15H31NO. The van der Waals surface area contributed by atoms with Crippen LogP contribution in [-0.4, -0.2) is 18.8 Å². The molecule has 3 unspecified atom stereocenters. The Balaban J connectivity index is 2.54. The largest absolute Gasteiger partial charge is 0.376 e. The van der Waals surface area contributed by atoms with Gasteiger partial charge in [0.15, 0.2) is 0 Å². The van der Waals surface area contributed by atoms with Gasteiger partial charge < -0.3 is 10.5 Å². The fraction of sp³-hybridized carbons (Fsp3) is 1.00. The molecule has 2 N–H and O–H groups in total. The zero-order chi connectivity index (χ0) is 13.3. The molecule has 1 heterocycles. The summed E-state index contributed by atoms with van der Waals surface area (Å²) in [5.74, 6) is 0.596. The molecule has 2 heteroatoms. The zero-order valence-electron chi connectivity index (χ0n) is 12.5. The third-order valence-electron chi connectivity index (χ3n) is 4.48. The average molecular weight is 241 g/mol. The van der Waals surface area contributed by atoms with Gasteiger partial charge in [0.1, 0.15) is 0 Å². The first-order valence-electron chi connectivity index (χ1n) is 7.03. The van der Waals surface area contributed by atoms with Crippen molar-refractivity contribution in [1.82, 2.24) is 0 Å². The van der Waals surface area contributed by atoms with E-state index in [-0.39, 0.29) is 12.1 Å². The molecular weight excluding hydrogens is 210 g/mol. The molecule has 0 amide bonds. The number of hydrogen-bond acceptors (Lipinski definition) is 2. The number of ether oxygens (including phenoxy) is 1. The zero-order valence-corrected chi connectivity index (χ0v) is 12.5. The second-order valence-corrected chi connectivity index (χ2v) is 7.56. The van der Waals surface area contributed by atoms with Crippen molar-refractivity contribution in [3.63, 3.8) is 0 Å². The molecule has 0 bridgehead atoms. The highest BCUT2D eigenvalue weighted by atomic mass is 16.5. The first kappa shape index (κ1) is 15.0. The predicted molar refractivity (Wildman–Crippen MR) is 74.0 cm³/mol. The van der Waals surface area contributed by atoms with Crippen LogP contribution in [0.3, 0.4) is 0 Å². The number of hydrogen-bond donors (Lipinski definition) is 1. The van der Waals surface area contributed by atoms with E-state index in [1.165, 1.54) is 6.42 Å². The van der Waals surface area contributed by atoms with E-state index in [4.69, 9.17) is 10.5 Å². The second kappa shape index (κ2) is 5.27. The number of rotatable bonds is 3. The lowest BCUT2D eigenvalue weighted by Gasteiger charge is -2.42. The van der Waals surface area contributed by atoms with Crippen molar-refractivity contribution in [2.24, 2.45) is 22.5 Å². The van der Waals surface area contributed by atoms with Gasteiger partial charge in [0.2, 0.25) is 0 Å². The molecule has 1 rings (SSSR count).